The zero-order valence-corrected chi connectivity index (χ0v) is 15.3. The molecule has 2 heterocycles. The Kier molecular flexibility index (Phi) is 4.35. The summed E-state index contributed by atoms with van der Waals surface area (Å²) in [6.45, 7) is 4.02. The summed E-state index contributed by atoms with van der Waals surface area (Å²) < 4.78 is 5.77. The monoisotopic (exact) mass is 363 g/mol. The van der Waals surface area contributed by atoms with Crippen LogP contribution in [-0.4, -0.2) is 21.1 Å². The largest absolute Gasteiger partial charge is 0.491 e. The molecule has 0 aliphatic heterocycles. The first-order valence-electron chi connectivity index (χ1n) is 8.48. The summed E-state index contributed by atoms with van der Waals surface area (Å²) in [5.74, 6) is 1.58. The number of H-pyrrole nitrogens is 1. The van der Waals surface area contributed by atoms with E-state index in [0.29, 0.717) is 5.02 Å². The number of imidazole rings is 1. The number of nitrogens with one attached hydrogen (secondary N) is 1. The van der Waals surface area contributed by atoms with Crippen molar-refractivity contribution < 1.29 is 4.74 Å². The highest BCUT2D eigenvalue weighted by molar-refractivity contribution is 6.33. The van der Waals surface area contributed by atoms with Crippen molar-refractivity contribution in [3.63, 3.8) is 0 Å². The molecule has 0 radical (unpaired) electrons. The molecule has 0 fully saturated rings. The lowest BCUT2D eigenvalue weighted by Gasteiger charge is -2.09. The normalized spacial score (nSPS) is 11.2. The molecule has 0 amide bonds. The zero-order valence-electron chi connectivity index (χ0n) is 14.5. The highest BCUT2D eigenvalue weighted by atomic mass is 35.5. The van der Waals surface area contributed by atoms with Gasteiger partial charge in [0.1, 0.15) is 17.1 Å². The number of benzene rings is 2. The summed E-state index contributed by atoms with van der Waals surface area (Å²) in [7, 11) is 0. The summed E-state index contributed by atoms with van der Waals surface area (Å²) in [6.07, 6.45) is 1.94. The average molecular weight is 364 g/mol. The van der Waals surface area contributed by atoms with Gasteiger partial charge in [-0.05, 0) is 38.1 Å². The van der Waals surface area contributed by atoms with E-state index in [9.17, 15) is 0 Å². The van der Waals surface area contributed by atoms with Crippen LogP contribution in [0.1, 0.15) is 13.8 Å². The molecule has 0 spiro atoms. The third kappa shape index (κ3) is 3.28. The first kappa shape index (κ1) is 16.6. The third-order valence-corrected chi connectivity index (χ3v) is 4.33. The molecule has 2 aromatic heterocycles. The fourth-order valence-electron chi connectivity index (χ4n) is 2.86. The molecule has 0 bridgehead atoms. The minimum atomic E-state index is 0.126. The second-order valence-electron chi connectivity index (χ2n) is 6.35. The molecule has 4 nitrogen and oxygen atoms in total. The maximum Gasteiger partial charge on any atom is 0.157 e. The number of halogens is 1. The summed E-state index contributed by atoms with van der Waals surface area (Å²) in [4.78, 5) is 12.5. The van der Waals surface area contributed by atoms with Crippen LogP contribution in [-0.2, 0) is 0 Å². The van der Waals surface area contributed by atoms with E-state index in [2.05, 4.69) is 9.97 Å². The molecular formula is C21H18ClN3O. The molecule has 1 N–H and O–H groups in total. The molecule has 4 aromatic rings. The van der Waals surface area contributed by atoms with Crippen LogP contribution in [0, 0.1) is 0 Å². The Hall–Kier alpha value is -2.85. The molecule has 0 aliphatic rings. The van der Waals surface area contributed by atoms with Crippen molar-refractivity contribution in [3.8, 4) is 28.3 Å². The van der Waals surface area contributed by atoms with Crippen LogP contribution >= 0.6 is 11.6 Å². The van der Waals surface area contributed by atoms with Crippen molar-refractivity contribution in [2.75, 3.05) is 0 Å². The van der Waals surface area contributed by atoms with Crippen molar-refractivity contribution in [3.05, 3.63) is 65.8 Å². The first-order chi connectivity index (χ1) is 12.6. The predicted molar refractivity (Wildman–Crippen MR) is 106 cm³/mol. The van der Waals surface area contributed by atoms with Crippen LogP contribution in [0.15, 0.2) is 60.8 Å². The molecule has 130 valence electrons. The number of fused-ring (bicyclic) bond motifs is 1. The second-order valence-corrected chi connectivity index (χ2v) is 6.76. The predicted octanol–water partition coefficient (Wildman–Crippen LogP) is 5.73. The third-order valence-electron chi connectivity index (χ3n) is 4.00. The molecule has 0 saturated heterocycles. The van der Waals surface area contributed by atoms with Crippen molar-refractivity contribution in [2.45, 2.75) is 20.0 Å². The fourth-order valence-corrected chi connectivity index (χ4v) is 3.11. The summed E-state index contributed by atoms with van der Waals surface area (Å²) >= 11 is 6.30. The van der Waals surface area contributed by atoms with Crippen LogP contribution in [0.4, 0.5) is 0 Å². The van der Waals surface area contributed by atoms with E-state index >= 15 is 0 Å². The SMILES string of the molecule is CC(C)Oc1cccc(-c2nc3cc(-c4ccccc4Cl)cnc3[nH]2)c1. The number of ether oxygens (including phenoxy) is 1. The smallest absolute Gasteiger partial charge is 0.157 e. The number of rotatable bonds is 4. The van der Waals surface area contributed by atoms with E-state index < -0.39 is 0 Å². The van der Waals surface area contributed by atoms with Gasteiger partial charge in [-0.2, -0.15) is 0 Å². The summed E-state index contributed by atoms with van der Waals surface area (Å²) in [5.41, 5.74) is 4.39. The molecule has 0 aliphatic carbocycles. The molecule has 26 heavy (non-hydrogen) atoms. The van der Waals surface area contributed by atoms with Gasteiger partial charge in [-0.1, -0.05) is 41.9 Å². The number of hydrogen-bond acceptors (Lipinski definition) is 3. The number of hydrogen-bond donors (Lipinski definition) is 1. The van der Waals surface area contributed by atoms with Crippen LogP contribution in [0.25, 0.3) is 33.7 Å². The van der Waals surface area contributed by atoms with Gasteiger partial charge in [0.2, 0.25) is 0 Å². The minimum absolute atomic E-state index is 0.126. The van der Waals surface area contributed by atoms with Crippen LogP contribution in [0.3, 0.4) is 0 Å². The van der Waals surface area contributed by atoms with E-state index in [1.54, 1.807) is 0 Å². The summed E-state index contributed by atoms with van der Waals surface area (Å²) in [5, 5.41) is 0.697. The summed E-state index contributed by atoms with van der Waals surface area (Å²) in [6, 6.07) is 17.6. The number of pyridine rings is 1. The average Bonchev–Trinajstić information content (AvgIpc) is 3.05. The number of nitrogens with zero attached hydrogens (tertiary/aromatic N) is 2. The lowest BCUT2D eigenvalue weighted by molar-refractivity contribution is 0.242. The van der Waals surface area contributed by atoms with E-state index in [1.165, 1.54) is 0 Å². The van der Waals surface area contributed by atoms with E-state index in [-0.39, 0.29) is 6.10 Å². The molecule has 5 heteroatoms. The van der Waals surface area contributed by atoms with Gasteiger partial charge in [0.15, 0.2) is 5.65 Å². The van der Waals surface area contributed by atoms with Crippen LogP contribution in [0.5, 0.6) is 5.75 Å². The maximum atomic E-state index is 6.30. The Morgan fingerprint density at radius 1 is 1.00 bits per heavy atom. The van der Waals surface area contributed by atoms with Crippen molar-refractivity contribution >= 4 is 22.8 Å². The molecule has 4 rings (SSSR count). The van der Waals surface area contributed by atoms with Crippen LogP contribution < -0.4 is 4.74 Å². The van der Waals surface area contributed by atoms with Crippen molar-refractivity contribution in [1.82, 2.24) is 15.0 Å². The molecule has 2 aromatic carbocycles. The van der Waals surface area contributed by atoms with Gasteiger partial charge in [0.05, 0.1) is 6.10 Å². The van der Waals surface area contributed by atoms with Gasteiger partial charge in [-0.15, -0.1) is 0 Å². The standard InChI is InChI=1S/C21H18ClN3O/c1-13(2)26-16-7-5-6-14(10-16)20-24-19-11-15(12-23-21(19)25-20)17-8-3-4-9-18(17)22/h3-13H,1-2H3,(H,23,24,25). The molecule has 0 atom stereocenters. The highest BCUT2D eigenvalue weighted by Gasteiger charge is 2.10. The first-order valence-corrected chi connectivity index (χ1v) is 8.86. The van der Waals surface area contributed by atoms with Gasteiger partial charge in [-0.25, -0.2) is 9.97 Å². The Balaban J connectivity index is 1.74. The highest BCUT2D eigenvalue weighted by Crippen LogP contribution is 2.30. The molecule has 0 saturated carbocycles. The van der Waals surface area contributed by atoms with E-state index in [0.717, 1.165) is 39.4 Å². The van der Waals surface area contributed by atoms with Crippen molar-refractivity contribution in [1.29, 1.82) is 0 Å². The quantitative estimate of drug-likeness (QED) is 0.503. The van der Waals surface area contributed by atoms with Gasteiger partial charge < -0.3 is 9.72 Å². The van der Waals surface area contributed by atoms with Gasteiger partial charge >= 0.3 is 0 Å². The van der Waals surface area contributed by atoms with Crippen LogP contribution in [0.2, 0.25) is 5.02 Å². The topological polar surface area (TPSA) is 50.8 Å². The zero-order chi connectivity index (χ0) is 18.1. The number of aromatic nitrogens is 3. The Labute approximate surface area is 156 Å². The lowest BCUT2D eigenvalue weighted by atomic mass is 10.1. The van der Waals surface area contributed by atoms with E-state index in [4.69, 9.17) is 21.3 Å². The minimum Gasteiger partial charge on any atom is -0.491 e. The van der Waals surface area contributed by atoms with Gasteiger partial charge in [-0.3, -0.25) is 0 Å². The second kappa shape index (κ2) is 6.81. The van der Waals surface area contributed by atoms with Gasteiger partial charge in [0.25, 0.3) is 0 Å². The number of aromatic amines is 1. The Bertz CT molecular complexity index is 1070. The van der Waals surface area contributed by atoms with Gasteiger partial charge in [0, 0.05) is 27.9 Å². The van der Waals surface area contributed by atoms with Crippen molar-refractivity contribution in [2.24, 2.45) is 0 Å². The lowest BCUT2D eigenvalue weighted by Crippen LogP contribution is -2.05. The maximum absolute atomic E-state index is 6.30. The Morgan fingerprint density at radius 3 is 2.65 bits per heavy atom. The van der Waals surface area contributed by atoms with E-state index in [1.807, 2.05) is 74.6 Å². The Morgan fingerprint density at radius 2 is 1.85 bits per heavy atom. The molecular weight excluding hydrogens is 346 g/mol. The molecule has 0 unspecified atom stereocenters. The fraction of sp³-hybridized carbons (Fsp3) is 0.143.